The molecule has 1 aromatic carbocycles. The van der Waals surface area contributed by atoms with E-state index in [0.29, 0.717) is 18.1 Å². The maximum atomic E-state index is 13.7. The molecular weight excluding hydrogens is 269 g/mol. The van der Waals surface area contributed by atoms with Gasteiger partial charge in [-0.2, -0.15) is 11.8 Å². The minimum Gasteiger partial charge on any atom is -0.480 e. The van der Waals surface area contributed by atoms with Crippen LogP contribution in [-0.2, 0) is 4.79 Å². The molecule has 1 aromatic rings. The number of thioether (sulfide) groups is 1. The molecule has 2 rings (SSSR count). The number of carboxylic acids is 1. The first-order chi connectivity index (χ1) is 9.00. The summed E-state index contributed by atoms with van der Waals surface area (Å²) >= 11 is 1.49. The highest BCUT2D eigenvalue weighted by molar-refractivity contribution is 7.99. The Labute approximate surface area is 114 Å². The highest BCUT2D eigenvalue weighted by Crippen LogP contribution is 2.21. The number of benzene rings is 1. The number of carbonyl (C=O) groups is 2. The number of aliphatic carboxylic acids is 1. The summed E-state index contributed by atoms with van der Waals surface area (Å²) in [4.78, 5) is 24.7. The number of carbonyl (C=O) groups excluding carboxylic acids is 1. The molecule has 1 aliphatic rings. The van der Waals surface area contributed by atoms with Crippen LogP contribution in [0.1, 0.15) is 15.9 Å². The molecule has 1 amide bonds. The second-order valence-electron chi connectivity index (χ2n) is 4.41. The highest BCUT2D eigenvalue weighted by Gasteiger charge is 2.33. The molecule has 0 bridgehead atoms. The zero-order valence-corrected chi connectivity index (χ0v) is 11.2. The number of amides is 1. The fourth-order valence-corrected chi connectivity index (χ4v) is 3.05. The molecule has 0 aromatic heterocycles. The van der Waals surface area contributed by atoms with Gasteiger partial charge in [-0.3, -0.25) is 4.79 Å². The van der Waals surface area contributed by atoms with Crippen molar-refractivity contribution in [2.45, 2.75) is 13.0 Å². The lowest BCUT2D eigenvalue weighted by Gasteiger charge is -2.32. The average molecular weight is 283 g/mol. The Hall–Kier alpha value is -1.56. The van der Waals surface area contributed by atoms with Gasteiger partial charge in [0.15, 0.2) is 0 Å². The second kappa shape index (κ2) is 5.61. The Morgan fingerprint density at radius 3 is 2.89 bits per heavy atom. The largest absolute Gasteiger partial charge is 0.480 e. The molecule has 19 heavy (non-hydrogen) atoms. The van der Waals surface area contributed by atoms with E-state index in [2.05, 4.69) is 0 Å². The first-order valence-electron chi connectivity index (χ1n) is 5.88. The van der Waals surface area contributed by atoms with Gasteiger partial charge in [0.05, 0.1) is 5.56 Å². The van der Waals surface area contributed by atoms with Crippen molar-refractivity contribution >= 4 is 23.6 Å². The summed E-state index contributed by atoms with van der Waals surface area (Å²) in [6, 6.07) is 3.38. The van der Waals surface area contributed by atoms with E-state index in [1.54, 1.807) is 13.0 Å². The lowest BCUT2D eigenvalue weighted by atomic mass is 10.1. The predicted molar refractivity (Wildman–Crippen MR) is 70.9 cm³/mol. The minimum absolute atomic E-state index is 0.0573. The van der Waals surface area contributed by atoms with E-state index in [9.17, 15) is 14.0 Å². The number of hydrogen-bond acceptors (Lipinski definition) is 3. The van der Waals surface area contributed by atoms with Gasteiger partial charge < -0.3 is 10.0 Å². The summed E-state index contributed by atoms with van der Waals surface area (Å²) in [6.45, 7) is 2.09. The Bertz CT molecular complexity index is 521. The lowest BCUT2D eigenvalue weighted by Crippen LogP contribution is -2.50. The molecule has 4 nitrogen and oxygen atoms in total. The number of rotatable bonds is 2. The van der Waals surface area contributed by atoms with E-state index in [0.717, 1.165) is 5.56 Å². The van der Waals surface area contributed by atoms with Crippen LogP contribution in [-0.4, -0.2) is 46.0 Å². The van der Waals surface area contributed by atoms with Crippen LogP contribution in [0.25, 0.3) is 0 Å². The van der Waals surface area contributed by atoms with E-state index >= 15 is 0 Å². The quantitative estimate of drug-likeness (QED) is 0.899. The first kappa shape index (κ1) is 13.9. The summed E-state index contributed by atoms with van der Waals surface area (Å²) in [5, 5.41) is 9.13. The van der Waals surface area contributed by atoms with Crippen molar-refractivity contribution < 1.29 is 19.1 Å². The third-order valence-electron chi connectivity index (χ3n) is 3.03. The van der Waals surface area contributed by atoms with Gasteiger partial charge in [0, 0.05) is 18.1 Å². The van der Waals surface area contributed by atoms with Crippen LogP contribution >= 0.6 is 11.8 Å². The van der Waals surface area contributed by atoms with E-state index in [4.69, 9.17) is 5.11 Å². The Balaban J connectivity index is 2.31. The van der Waals surface area contributed by atoms with Gasteiger partial charge in [0.25, 0.3) is 5.91 Å². The molecular formula is C13H14FNO3S. The lowest BCUT2D eigenvalue weighted by molar-refractivity contribution is -0.141. The molecule has 0 spiro atoms. The second-order valence-corrected chi connectivity index (χ2v) is 5.56. The fraction of sp³-hybridized carbons (Fsp3) is 0.385. The van der Waals surface area contributed by atoms with E-state index < -0.39 is 23.7 Å². The predicted octanol–water partition coefficient (Wildman–Crippen LogP) is 1.78. The third kappa shape index (κ3) is 2.89. The molecule has 0 aliphatic carbocycles. The number of nitrogens with zero attached hydrogens (tertiary/aromatic N) is 1. The van der Waals surface area contributed by atoms with Gasteiger partial charge >= 0.3 is 5.97 Å². The van der Waals surface area contributed by atoms with Crippen LogP contribution in [0, 0.1) is 12.7 Å². The van der Waals surface area contributed by atoms with Crippen LogP contribution in [0.5, 0.6) is 0 Å². The van der Waals surface area contributed by atoms with Gasteiger partial charge in [0.1, 0.15) is 11.9 Å². The van der Waals surface area contributed by atoms with Gasteiger partial charge in [-0.1, -0.05) is 11.6 Å². The molecule has 6 heteroatoms. The summed E-state index contributed by atoms with van der Waals surface area (Å²) in [5.41, 5.74) is 0.709. The molecule has 1 heterocycles. The van der Waals surface area contributed by atoms with Gasteiger partial charge in [-0.25, -0.2) is 9.18 Å². The SMILES string of the molecule is Cc1ccc(F)c(C(=O)N2CCSCC2C(=O)O)c1. The van der Waals surface area contributed by atoms with E-state index in [1.807, 2.05) is 0 Å². The zero-order valence-electron chi connectivity index (χ0n) is 10.4. The standard InChI is InChI=1S/C13H14FNO3S/c1-8-2-3-10(14)9(6-8)12(16)15-4-5-19-7-11(15)13(17)18/h2-3,6,11H,4-5,7H2,1H3,(H,17,18). The van der Waals surface area contributed by atoms with E-state index in [1.165, 1.54) is 28.8 Å². The maximum absolute atomic E-state index is 13.7. The molecule has 1 atom stereocenters. The molecule has 1 saturated heterocycles. The highest BCUT2D eigenvalue weighted by atomic mass is 32.2. The smallest absolute Gasteiger partial charge is 0.327 e. The van der Waals surface area contributed by atoms with Crippen molar-refractivity contribution in [3.63, 3.8) is 0 Å². The van der Waals surface area contributed by atoms with Crippen LogP contribution in [0.2, 0.25) is 0 Å². The fourth-order valence-electron chi connectivity index (χ4n) is 2.01. The normalized spacial score (nSPS) is 19.3. The van der Waals surface area contributed by atoms with Crippen LogP contribution in [0.4, 0.5) is 4.39 Å². The maximum Gasteiger partial charge on any atom is 0.327 e. The van der Waals surface area contributed by atoms with E-state index in [-0.39, 0.29) is 5.56 Å². The monoisotopic (exact) mass is 283 g/mol. The topological polar surface area (TPSA) is 57.6 Å². The molecule has 1 aliphatic heterocycles. The number of aryl methyl sites for hydroxylation is 1. The van der Waals surface area contributed by atoms with Gasteiger partial charge in [0.2, 0.25) is 0 Å². The number of hydrogen-bond donors (Lipinski definition) is 1. The van der Waals surface area contributed by atoms with Gasteiger partial charge in [-0.15, -0.1) is 0 Å². The molecule has 1 unspecified atom stereocenters. The number of halogens is 1. The van der Waals surface area contributed by atoms with Crippen molar-refractivity contribution in [1.29, 1.82) is 0 Å². The summed E-state index contributed by atoms with van der Waals surface area (Å²) < 4.78 is 13.7. The molecule has 102 valence electrons. The summed E-state index contributed by atoms with van der Waals surface area (Å²) in [5.74, 6) is -1.20. The Morgan fingerprint density at radius 1 is 1.47 bits per heavy atom. The molecule has 0 saturated carbocycles. The van der Waals surface area contributed by atoms with Crippen molar-refractivity contribution in [1.82, 2.24) is 4.90 Å². The van der Waals surface area contributed by atoms with Crippen molar-refractivity contribution in [2.24, 2.45) is 0 Å². The number of carboxylic acid groups (broad SMARTS) is 1. The summed E-state index contributed by atoms with van der Waals surface area (Å²) in [6.07, 6.45) is 0. The van der Waals surface area contributed by atoms with Crippen molar-refractivity contribution in [2.75, 3.05) is 18.1 Å². The zero-order chi connectivity index (χ0) is 14.0. The molecule has 1 N–H and O–H groups in total. The molecule has 0 radical (unpaired) electrons. The van der Waals surface area contributed by atoms with Crippen molar-refractivity contribution in [3.05, 3.63) is 35.1 Å². The van der Waals surface area contributed by atoms with Crippen molar-refractivity contribution in [3.8, 4) is 0 Å². The average Bonchev–Trinajstić information content (AvgIpc) is 2.40. The Kier molecular flexibility index (Phi) is 4.09. The van der Waals surface area contributed by atoms with Crippen LogP contribution in [0.15, 0.2) is 18.2 Å². The van der Waals surface area contributed by atoms with Crippen LogP contribution < -0.4 is 0 Å². The first-order valence-corrected chi connectivity index (χ1v) is 7.04. The van der Waals surface area contributed by atoms with Crippen LogP contribution in [0.3, 0.4) is 0 Å². The molecule has 1 fully saturated rings. The Morgan fingerprint density at radius 2 is 2.21 bits per heavy atom. The third-order valence-corrected chi connectivity index (χ3v) is 4.05. The van der Waals surface area contributed by atoms with Gasteiger partial charge in [-0.05, 0) is 19.1 Å². The summed E-state index contributed by atoms with van der Waals surface area (Å²) in [7, 11) is 0. The minimum atomic E-state index is -1.05.